The van der Waals surface area contributed by atoms with E-state index >= 15 is 0 Å². The van der Waals surface area contributed by atoms with Crippen molar-refractivity contribution in [1.29, 1.82) is 0 Å². The molecule has 0 spiro atoms. The van der Waals surface area contributed by atoms with Crippen LogP contribution >= 0.6 is 0 Å². The molecule has 1 aromatic carbocycles. The molecule has 106 valence electrons. The van der Waals surface area contributed by atoms with Gasteiger partial charge in [-0.2, -0.15) is 0 Å². The maximum atomic E-state index is 10.8. The Balaban J connectivity index is 2.06. The lowest BCUT2D eigenvalue weighted by molar-refractivity contribution is -0.0259. The predicted molar refractivity (Wildman–Crippen MR) is 77.5 cm³/mol. The van der Waals surface area contributed by atoms with E-state index in [9.17, 15) is 5.11 Å². The van der Waals surface area contributed by atoms with Crippen LogP contribution < -0.4 is 4.74 Å². The van der Waals surface area contributed by atoms with Crippen LogP contribution in [0.25, 0.3) is 0 Å². The standard InChI is InChI=1S/C16H25NO2/c1-3-10-17-11-8-16(18,9-12-17)14-6-5-7-15(13-14)19-4-2/h5-7,13,18H,3-4,8-12H2,1-2H3. The Morgan fingerprint density at radius 3 is 2.63 bits per heavy atom. The van der Waals surface area contributed by atoms with Gasteiger partial charge in [0.25, 0.3) is 0 Å². The predicted octanol–water partition coefficient (Wildman–Crippen LogP) is 2.78. The molecule has 1 N–H and O–H groups in total. The molecule has 0 radical (unpaired) electrons. The fourth-order valence-corrected chi connectivity index (χ4v) is 2.79. The van der Waals surface area contributed by atoms with Gasteiger partial charge in [-0.3, -0.25) is 0 Å². The van der Waals surface area contributed by atoms with Crippen LogP contribution in [0, 0.1) is 0 Å². The second-order valence-electron chi connectivity index (χ2n) is 5.33. The van der Waals surface area contributed by atoms with Crippen LogP contribution in [0.3, 0.4) is 0 Å². The van der Waals surface area contributed by atoms with Gasteiger partial charge in [0, 0.05) is 13.1 Å². The molecule has 0 bridgehead atoms. The number of ether oxygens (including phenoxy) is 1. The zero-order valence-electron chi connectivity index (χ0n) is 12.1. The number of piperidine rings is 1. The molecule has 1 aromatic rings. The average Bonchev–Trinajstić information content (AvgIpc) is 2.43. The number of hydrogen-bond acceptors (Lipinski definition) is 3. The monoisotopic (exact) mass is 263 g/mol. The molecule has 19 heavy (non-hydrogen) atoms. The minimum Gasteiger partial charge on any atom is -0.494 e. The number of hydrogen-bond donors (Lipinski definition) is 1. The molecule has 0 atom stereocenters. The first kappa shape index (κ1) is 14.4. The molecule has 0 aliphatic carbocycles. The summed E-state index contributed by atoms with van der Waals surface area (Å²) >= 11 is 0. The fraction of sp³-hybridized carbons (Fsp3) is 0.625. The van der Waals surface area contributed by atoms with Gasteiger partial charge in [0.05, 0.1) is 12.2 Å². The molecule has 3 nitrogen and oxygen atoms in total. The first-order valence-electron chi connectivity index (χ1n) is 7.36. The molecule has 2 rings (SSSR count). The highest BCUT2D eigenvalue weighted by atomic mass is 16.5. The van der Waals surface area contributed by atoms with Gasteiger partial charge in [0.2, 0.25) is 0 Å². The highest BCUT2D eigenvalue weighted by molar-refractivity contribution is 5.32. The lowest BCUT2D eigenvalue weighted by Gasteiger charge is -2.38. The van der Waals surface area contributed by atoms with E-state index in [1.54, 1.807) is 0 Å². The highest BCUT2D eigenvalue weighted by Gasteiger charge is 2.33. The summed E-state index contributed by atoms with van der Waals surface area (Å²) < 4.78 is 5.52. The maximum absolute atomic E-state index is 10.8. The molecule has 0 amide bonds. The van der Waals surface area contributed by atoms with Gasteiger partial charge in [-0.1, -0.05) is 19.1 Å². The van der Waals surface area contributed by atoms with Gasteiger partial charge in [-0.05, 0) is 50.4 Å². The normalized spacial score (nSPS) is 19.3. The van der Waals surface area contributed by atoms with Crippen molar-refractivity contribution in [2.75, 3.05) is 26.2 Å². The Morgan fingerprint density at radius 1 is 1.26 bits per heavy atom. The Bertz CT molecular complexity index is 397. The fourth-order valence-electron chi connectivity index (χ4n) is 2.79. The molecule has 3 heteroatoms. The van der Waals surface area contributed by atoms with Crippen LogP contribution in [-0.4, -0.2) is 36.2 Å². The van der Waals surface area contributed by atoms with Gasteiger partial charge in [0.15, 0.2) is 0 Å². The minimum absolute atomic E-state index is 0.659. The van der Waals surface area contributed by atoms with Crippen molar-refractivity contribution in [2.45, 2.75) is 38.7 Å². The van der Waals surface area contributed by atoms with Crippen molar-refractivity contribution in [3.05, 3.63) is 29.8 Å². The summed E-state index contributed by atoms with van der Waals surface area (Å²) in [6, 6.07) is 7.91. The van der Waals surface area contributed by atoms with Gasteiger partial charge in [0.1, 0.15) is 5.75 Å². The van der Waals surface area contributed by atoms with Gasteiger partial charge in [-0.25, -0.2) is 0 Å². The van der Waals surface area contributed by atoms with E-state index in [0.717, 1.165) is 43.8 Å². The summed E-state index contributed by atoms with van der Waals surface area (Å²) in [5.41, 5.74) is 0.312. The number of likely N-dealkylation sites (tertiary alicyclic amines) is 1. The van der Waals surface area contributed by atoms with Crippen LogP contribution in [-0.2, 0) is 5.60 Å². The number of benzene rings is 1. The molecule has 0 saturated carbocycles. The molecule has 1 saturated heterocycles. The minimum atomic E-state index is -0.683. The molecule has 1 heterocycles. The lowest BCUT2D eigenvalue weighted by Crippen LogP contribution is -2.42. The Morgan fingerprint density at radius 2 is 2.00 bits per heavy atom. The van der Waals surface area contributed by atoms with Crippen molar-refractivity contribution in [1.82, 2.24) is 4.90 Å². The van der Waals surface area contributed by atoms with Crippen molar-refractivity contribution < 1.29 is 9.84 Å². The molecule has 1 aliphatic heterocycles. The molecule has 1 fully saturated rings. The first-order chi connectivity index (χ1) is 9.18. The SMILES string of the molecule is CCCN1CCC(O)(c2cccc(OCC)c2)CC1. The number of rotatable bonds is 5. The summed E-state index contributed by atoms with van der Waals surface area (Å²) in [7, 11) is 0. The second kappa shape index (κ2) is 6.40. The summed E-state index contributed by atoms with van der Waals surface area (Å²) in [5.74, 6) is 0.851. The summed E-state index contributed by atoms with van der Waals surface area (Å²) in [5, 5.41) is 10.8. The lowest BCUT2D eigenvalue weighted by atomic mass is 9.84. The highest BCUT2D eigenvalue weighted by Crippen LogP contribution is 2.34. The van der Waals surface area contributed by atoms with Gasteiger partial charge in [-0.15, -0.1) is 0 Å². The Hall–Kier alpha value is -1.06. The zero-order valence-corrected chi connectivity index (χ0v) is 12.1. The third kappa shape index (κ3) is 3.48. The summed E-state index contributed by atoms with van der Waals surface area (Å²) in [4.78, 5) is 2.43. The van der Waals surface area contributed by atoms with Crippen LogP contribution in [0.4, 0.5) is 0 Å². The first-order valence-corrected chi connectivity index (χ1v) is 7.36. The quantitative estimate of drug-likeness (QED) is 0.886. The van der Waals surface area contributed by atoms with Crippen LogP contribution in [0.5, 0.6) is 5.75 Å². The zero-order chi connectivity index (χ0) is 13.7. The Kier molecular flexibility index (Phi) is 4.83. The van der Waals surface area contributed by atoms with E-state index in [2.05, 4.69) is 11.8 Å². The third-order valence-corrected chi connectivity index (χ3v) is 3.91. The molecular formula is C16H25NO2. The third-order valence-electron chi connectivity index (χ3n) is 3.91. The van der Waals surface area contributed by atoms with Crippen LogP contribution in [0.15, 0.2) is 24.3 Å². The van der Waals surface area contributed by atoms with Crippen LogP contribution in [0.2, 0.25) is 0 Å². The largest absolute Gasteiger partial charge is 0.494 e. The van der Waals surface area contributed by atoms with E-state index in [1.807, 2.05) is 31.2 Å². The number of nitrogens with zero attached hydrogens (tertiary/aromatic N) is 1. The maximum Gasteiger partial charge on any atom is 0.119 e. The number of aliphatic hydroxyl groups is 1. The smallest absolute Gasteiger partial charge is 0.119 e. The van der Waals surface area contributed by atoms with Gasteiger partial charge < -0.3 is 14.7 Å². The van der Waals surface area contributed by atoms with E-state index in [1.165, 1.54) is 6.42 Å². The van der Waals surface area contributed by atoms with Gasteiger partial charge >= 0.3 is 0 Å². The molecule has 0 unspecified atom stereocenters. The summed E-state index contributed by atoms with van der Waals surface area (Å²) in [6.45, 7) is 7.92. The Labute approximate surface area is 116 Å². The van der Waals surface area contributed by atoms with E-state index in [-0.39, 0.29) is 0 Å². The van der Waals surface area contributed by atoms with Crippen LogP contribution in [0.1, 0.15) is 38.7 Å². The molecule has 1 aliphatic rings. The molecular weight excluding hydrogens is 238 g/mol. The van der Waals surface area contributed by atoms with Crippen molar-refractivity contribution in [3.63, 3.8) is 0 Å². The average molecular weight is 263 g/mol. The van der Waals surface area contributed by atoms with Crippen molar-refractivity contribution >= 4 is 0 Å². The second-order valence-corrected chi connectivity index (χ2v) is 5.33. The van der Waals surface area contributed by atoms with Crippen molar-refractivity contribution in [2.24, 2.45) is 0 Å². The topological polar surface area (TPSA) is 32.7 Å². The summed E-state index contributed by atoms with van der Waals surface area (Å²) in [6.07, 6.45) is 2.80. The van der Waals surface area contributed by atoms with E-state index < -0.39 is 5.60 Å². The van der Waals surface area contributed by atoms with E-state index in [4.69, 9.17) is 4.74 Å². The molecule has 0 aromatic heterocycles. The van der Waals surface area contributed by atoms with Crippen molar-refractivity contribution in [3.8, 4) is 5.75 Å². The van der Waals surface area contributed by atoms with E-state index in [0.29, 0.717) is 6.61 Å².